The monoisotopic (exact) mass is 337 g/mol. The van der Waals surface area contributed by atoms with Crippen LogP contribution in [0.3, 0.4) is 0 Å². The summed E-state index contributed by atoms with van der Waals surface area (Å²) in [7, 11) is 0. The molecule has 3 rings (SSSR count). The van der Waals surface area contributed by atoms with Gasteiger partial charge in [0, 0.05) is 29.1 Å². The molecule has 0 saturated heterocycles. The Morgan fingerprint density at radius 3 is 2.56 bits per heavy atom. The van der Waals surface area contributed by atoms with Crippen molar-refractivity contribution in [2.75, 3.05) is 16.4 Å². The fraction of sp³-hybridized carbons (Fsp3) is 0.278. The van der Waals surface area contributed by atoms with Gasteiger partial charge in [0.2, 0.25) is 0 Å². The van der Waals surface area contributed by atoms with Crippen LogP contribution < -0.4 is 16.4 Å². The highest BCUT2D eigenvalue weighted by Crippen LogP contribution is 2.28. The number of nitrogens with one attached hydrogen (secondary N) is 3. The van der Waals surface area contributed by atoms with E-state index in [1.807, 2.05) is 19.1 Å². The fourth-order valence-corrected chi connectivity index (χ4v) is 2.54. The third-order valence-electron chi connectivity index (χ3n) is 3.72. The van der Waals surface area contributed by atoms with Crippen LogP contribution in [-0.4, -0.2) is 26.2 Å². The van der Waals surface area contributed by atoms with Crippen molar-refractivity contribution in [1.29, 1.82) is 0 Å². The minimum Gasteiger partial charge on any atom is -0.383 e. The lowest BCUT2D eigenvalue weighted by molar-refractivity contribution is 0.897. The van der Waals surface area contributed by atoms with E-state index in [1.54, 1.807) is 6.20 Å². The van der Waals surface area contributed by atoms with Gasteiger partial charge in [-0.3, -0.25) is 5.10 Å². The van der Waals surface area contributed by atoms with Gasteiger partial charge >= 0.3 is 0 Å². The molecule has 0 unspecified atom stereocenters. The molecule has 130 valence electrons. The zero-order valence-electron chi connectivity index (χ0n) is 14.9. The molecule has 2 aromatic heterocycles. The number of H-pyrrole nitrogens is 1. The van der Waals surface area contributed by atoms with Crippen LogP contribution in [0.25, 0.3) is 11.3 Å². The SMILES string of the molecule is Cc1cc(Nc2cnc(-c3ccc(C)c(NC(C)C)c3)c(N)n2)n[nH]1. The van der Waals surface area contributed by atoms with Crippen LogP contribution in [0.15, 0.2) is 30.5 Å². The Bertz CT molecular complexity index is 883. The third-order valence-corrected chi connectivity index (χ3v) is 3.72. The molecule has 0 saturated carbocycles. The van der Waals surface area contributed by atoms with E-state index in [2.05, 4.69) is 63.7 Å². The van der Waals surface area contributed by atoms with E-state index in [1.165, 1.54) is 5.56 Å². The molecule has 0 aliphatic carbocycles. The first-order valence-corrected chi connectivity index (χ1v) is 8.21. The molecule has 0 aliphatic heterocycles. The number of aryl methyl sites for hydroxylation is 2. The van der Waals surface area contributed by atoms with Crippen LogP contribution in [0.5, 0.6) is 0 Å². The first kappa shape index (κ1) is 16.8. The van der Waals surface area contributed by atoms with Crippen LogP contribution >= 0.6 is 0 Å². The highest BCUT2D eigenvalue weighted by atomic mass is 15.2. The average Bonchev–Trinajstić information content (AvgIpc) is 2.94. The lowest BCUT2D eigenvalue weighted by Gasteiger charge is -2.15. The minimum absolute atomic E-state index is 0.348. The van der Waals surface area contributed by atoms with Gasteiger partial charge in [-0.05, 0) is 39.3 Å². The summed E-state index contributed by atoms with van der Waals surface area (Å²) in [4.78, 5) is 8.88. The molecule has 7 nitrogen and oxygen atoms in total. The number of aromatic nitrogens is 4. The van der Waals surface area contributed by atoms with E-state index in [9.17, 15) is 0 Å². The van der Waals surface area contributed by atoms with Gasteiger partial charge in [0.05, 0.1) is 6.20 Å². The number of nitrogen functional groups attached to an aromatic ring is 1. The van der Waals surface area contributed by atoms with Crippen LogP contribution in [0, 0.1) is 13.8 Å². The number of aromatic amines is 1. The zero-order valence-corrected chi connectivity index (χ0v) is 14.9. The number of hydrogen-bond donors (Lipinski definition) is 4. The molecular formula is C18H23N7. The Morgan fingerprint density at radius 1 is 1.12 bits per heavy atom. The van der Waals surface area contributed by atoms with E-state index in [0.29, 0.717) is 29.2 Å². The van der Waals surface area contributed by atoms with E-state index >= 15 is 0 Å². The lowest BCUT2D eigenvalue weighted by atomic mass is 10.1. The topological polar surface area (TPSA) is 105 Å². The second kappa shape index (κ2) is 6.80. The van der Waals surface area contributed by atoms with E-state index in [-0.39, 0.29) is 0 Å². The maximum absolute atomic E-state index is 6.14. The Balaban J connectivity index is 1.88. The molecule has 5 N–H and O–H groups in total. The van der Waals surface area contributed by atoms with Gasteiger partial charge in [-0.15, -0.1) is 0 Å². The highest BCUT2D eigenvalue weighted by Gasteiger charge is 2.10. The molecule has 1 aromatic carbocycles. The molecule has 0 fully saturated rings. The Labute approximate surface area is 147 Å². The fourth-order valence-electron chi connectivity index (χ4n) is 2.54. The van der Waals surface area contributed by atoms with E-state index in [0.717, 1.165) is 16.9 Å². The minimum atomic E-state index is 0.348. The predicted octanol–water partition coefficient (Wildman–Crippen LogP) is 3.63. The van der Waals surface area contributed by atoms with Gasteiger partial charge in [0.25, 0.3) is 0 Å². The van der Waals surface area contributed by atoms with E-state index in [4.69, 9.17) is 5.73 Å². The summed E-state index contributed by atoms with van der Waals surface area (Å²) < 4.78 is 0. The van der Waals surface area contributed by atoms with Gasteiger partial charge in [-0.1, -0.05) is 12.1 Å². The van der Waals surface area contributed by atoms with Crippen molar-refractivity contribution in [3.8, 4) is 11.3 Å². The average molecular weight is 337 g/mol. The van der Waals surface area contributed by atoms with Crippen molar-refractivity contribution in [2.24, 2.45) is 0 Å². The van der Waals surface area contributed by atoms with Crippen molar-refractivity contribution >= 4 is 23.1 Å². The first-order valence-electron chi connectivity index (χ1n) is 8.21. The van der Waals surface area contributed by atoms with Crippen LogP contribution in [0.1, 0.15) is 25.1 Å². The molecule has 0 atom stereocenters. The van der Waals surface area contributed by atoms with Crippen LogP contribution in [0.4, 0.5) is 23.1 Å². The van der Waals surface area contributed by atoms with Crippen LogP contribution in [-0.2, 0) is 0 Å². The third kappa shape index (κ3) is 3.88. The first-order chi connectivity index (χ1) is 11.9. The number of rotatable bonds is 5. The number of anilines is 4. The summed E-state index contributed by atoms with van der Waals surface area (Å²) in [6, 6.07) is 8.35. The maximum Gasteiger partial charge on any atom is 0.153 e. The largest absolute Gasteiger partial charge is 0.383 e. The summed E-state index contributed by atoms with van der Waals surface area (Å²) >= 11 is 0. The molecule has 25 heavy (non-hydrogen) atoms. The smallest absolute Gasteiger partial charge is 0.153 e. The van der Waals surface area contributed by atoms with Crippen molar-refractivity contribution < 1.29 is 0 Å². The number of benzene rings is 1. The maximum atomic E-state index is 6.14. The van der Waals surface area contributed by atoms with Gasteiger partial charge < -0.3 is 16.4 Å². The molecule has 0 radical (unpaired) electrons. The lowest BCUT2D eigenvalue weighted by Crippen LogP contribution is -2.11. The molecule has 3 aromatic rings. The summed E-state index contributed by atoms with van der Waals surface area (Å²) in [6.45, 7) is 8.22. The molecule has 0 amide bonds. The predicted molar refractivity (Wildman–Crippen MR) is 102 cm³/mol. The summed E-state index contributed by atoms with van der Waals surface area (Å²) in [6.07, 6.45) is 1.66. The molecule has 0 aliphatic rings. The highest BCUT2D eigenvalue weighted by molar-refractivity contribution is 5.75. The Kier molecular flexibility index (Phi) is 4.56. The van der Waals surface area contributed by atoms with Crippen molar-refractivity contribution in [3.05, 3.63) is 41.7 Å². The second-order valence-corrected chi connectivity index (χ2v) is 6.38. The van der Waals surface area contributed by atoms with Crippen LogP contribution in [0.2, 0.25) is 0 Å². The number of nitrogens with zero attached hydrogens (tertiary/aromatic N) is 3. The molecule has 7 heteroatoms. The van der Waals surface area contributed by atoms with Crippen molar-refractivity contribution in [2.45, 2.75) is 33.7 Å². The molecule has 0 bridgehead atoms. The molecule has 2 heterocycles. The standard InChI is InChI=1S/C18H23N7/c1-10(2)21-14-8-13(6-5-11(14)3)17-18(19)23-16(9-20-17)22-15-7-12(4)24-25-15/h5-10,21H,1-4H3,(H4,19,22,23,24,25). The second-order valence-electron chi connectivity index (χ2n) is 6.38. The molecular weight excluding hydrogens is 314 g/mol. The van der Waals surface area contributed by atoms with Gasteiger partial charge in [0.15, 0.2) is 17.5 Å². The number of hydrogen-bond acceptors (Lipinski definition) is 6. The Morgan fingerprint density at radius 2 is 1.92 bits per heavy atom. The quantitative estimate of drug-likeness (QED) is 0.567. The molecule has 0 spiro atoms. The van der Waals surface area contributed by atoms with Gasteiger partial charge in [0.1, 0.15) is 5.69 Å². The number of nitrogens with two attached hydrogens (primary N) is 1. The van der Waals surface area contributed by atoms with Crippen molar-refractivity contribution in [3.63, 3.8) is 0 Å². The normalized spacial score (nSPS) is 10.9. The van der Waals surface area contributed by atoms with Gasteiger partial charge in [-0.2, -0.15) is 5.10 Å². The summed E-state index contributed by atoms with van der Waals surface area (Å²) in [5.74, 6) is 1.61. The summed E-state index contributed by atoms with van der Waals surface area (Å²) in [5.41, 5.74) is 10.9. The summed E-state index contributed by atoms with van der Waals surface area (Å²) in [5, 5.41) is 13.5. The van der Waals surface area contributed by atoms with E-state index < -0.39 is 0 Å². The van der Waals surface area contributed by atoms with Gasteiger partial charge in [-0.25, -0.2) is 9.97 Å². The zero-order chi connectivity index (χ0) is 18.0. The Hall–Kier alpha value is -3.09. The van der Waals surface area contributed by atoms with Crippen molar-refractivity contribution in [1.82, 2.24) is 20.2 Å².